The summed E-state index contributed by atoms with van der Waals surface area (Å²) in [5, 5.41) is 2.91. The first-order valence-electron chi connectivity index (χ1n) is 7.86. The van der Waals surface area contributed by atoms with Gasteiger partial charge < -0.3 is 10.1 Å². The van der Waals surface area contributed by atoms with Gasteiger partial charge in [0.05, 0.1) is 16.8 Å². The highest BCUT2D eigenvalue weighted by atomic mass is 79.9. The highest BCUT2D eigenvalue weighted by Gasteiger charge is 2.11. The molecule has 0 aliphatic heterocycles. The normalized spacial score (nSPS) is 10.8. The number of benzene rings is 2. The number of rotatable bonds is 6. The van der Waals surface area contributed by atoms with Gasteiger partial charge in [-0.3, -0.25) is 4.79 Å². The minimum Gasteiger partial charge on any atom is -0.492 e. The third-order valence-electron chi connectivity index (χ3n) is 3.52. The van der Waals surface area contributed by atoms with Gasteiger partial charge in [-0.15, -0.1) is 0 Å². The van der Waals surface area contributed by atoms with Crippen molar-refractivity contribution >= 4 is 43.5 Å². The molecule has 2 rings (SSSR count). The molecule has 2 aromatic carbocycles. The van der Waals surface area contributed by atoms with Crippen LogP contribution in [0.1, 0.15) is 36.2 Å². The van der Waals surface area contributed by atoms with E-state index in [4.69, 9.17) is 4.74 Å². The number of aryl methyl sites for hydroxylation is 1. The van der Waals surface area contributed by atoms with Crippen molar-refractivity contribution in [1.82, 2.24) is 0 Å². The van der Waals surface area contributed by atoms with E-state index in [1.54, 1.807) is 12.1 Å². The van der Waals surface area contributed by atoms with Crippen LogP contribution >= 0.6 is 31.9 Å². The number of ether oxygens (including phenoxy) is 1. The topological polar surface area (TPSA) is 38.3 Å². The van der Waals surface area contributed by atoms with Crippen molar-refractivity contribution in [2.75, 3.05) is 11.9 Å². The average molecular weight is 455 g/mol. The van der Waals surface area contributed by atoms with Crippen LogP contribution in [-0.4, -0.2) is 12.5 Å². The van der Waals surface area contributed by atoms with Crippen LogP contribution in [0, 0.1) is 12.8 Å². The number of amides is 1. The molecule has 5 heteroatoms. The third-order valence-corrected chi connectivity index (χ3v) is 4.80. The molecule has 1 N–H and O–H groups in total. The van der Waals surface area contributed by atoms with Gasteiger partial charge in [0.2, 0.25) is 0 Å². The van der Waals surface area contributed by atoms with Crippen LogP contribution in [0.4, 0.5) is 5.69 Å². The summed E-state index contributed by atoms with van der Waals surface area (Å²) in [7, 11) is 0. The Morgan fingerprint density at radius 2 is 1.88 bits per heavy atom. The number of carbonyl (C=O) groups excluding carboxylic acids is 1. The predicted octanol–water partition coefficient (Wildman–Crippen LogP) is 6.20. The molecule has 24 heavy (non-hydrogen) atoms. The Bertz CT molecular complexity index is 729. The van der Waals surface area contributed by atoms with E-state index in [1.165, 1.54) is 0 Å². The molecule has 0 spiro atoms. The summed E-state index contributed by atoms with van der Waals surface area (Å²) < 4.78 is 7.39. The fourth-order valence-electron chi connectivity index (χ4n) is 2.08. The monoisotopic (exact) mass is 453 g/mol. The van der Waals surface area contributed by atoms with E-state index in [0.29, 0.717) is 18.1 Å². The quantitative estimate of drug-likeness (QED) is 0.564. The zero-order valence-electron chi connectivity index (χ0n) is 14.0. The Labute approximate surface area is 160 Å². The first-order chi connectivity index (χ1) is 11.4. The van der Waals surface area contributed by atoms with Crippen LogP contribution in [0.25, 0.3) is 0 Å². The Morgan fingerprint density at radius 3 is 2.50 bits per heavy atom. The van der Waals surface area contributed by atoms with E-state index in [2.05, 4.69) is 51.0 Å². The molecule has 0 aromatic heterocycles. The van der Waals surface area contributed by atoms with Crippen LogP contribution < -0.4 is 10.1 Å². The molecule has 0 bridgehead atoms. The summed E-state index contributed by atoms with van der Waals surface area (Å²) in [6, 6.07) is 11.2. The molecule has 3 nitrogen and oxygen atoms in total. The fraction of sp³-hybridized carbons (Fsp3) is 0.316. The molecule has 0 fully saturated rings. The molecular weight excluding hydrogens is 434 g/mol. The van der Waals surface area contributed by atoms with Gasteiger partial charge in [-0.2, -0.15) is 0 Å². The van der Waals surface area contributed by atoms with Crippen LogP contribution in [-0.2, 0) is 0 Å². The highest BCUT2D eigenvalue weighted by molar-refractivity contribution is 9.11. The fourth-order valence-corrected chi connectivity index (χ4v) is 3.17. The van der Waals surface area contributed by atoms with Gasteiger partial charge in [-0.25, -0.2) is 0 Å². The van der Waals surface area contributed by atoms with Crippen molar-refractivity contribution in [3.05, 3.63) is 56.5 Å². The Balaban J connectivity index is 2.06. The lowest BCUT2D eigenvalue weighted by Crippen LogP contribution is -2.12. The van der Waals surface area contributed by atoms with Crippen LogP contribution in [0.15, 0.2) is 45.3 Å². The van der Waals surface area contributed by atoms with E-state index in [-0.39, 0.29) is 5.91 Å². The summed E-state index contributed by atoms with van der Waals surface area (Å²) >= 11 is 6.95. The van der Waals surface area contributed by atoms with Gasteiger partial charge in [0.25, 0.3) is 5.91 Å². The summed E-state index contributed by atoms with van der Waals surface area (Å²) in [5.41, 5.74) is 2.45. The lowest BCUT2D eigenvalue weighted by atomic mass is 10.1. The van der Waals surface area contributed by atoms with Crippen LogP contribution in [0.5, 0.6) is 5.75 Å². The second-order valence-electron chi connectivity index (χ2n) is 6.11. The number of hydrogen-bond acceptors (Lipinski definition) is 2. The molecule has 0 aliphatic rings. The van der Waals surface area contributed by atoms with Gasteiger partial charge >= 0.3 is 0 Å². The van der Waals surface area contributed by atoms with Crippen LogP contribution in [0.2, 0.25) is 0 Å². The first kappa shape index (κ1) is 19.0. The smallest absolute Gasteiger partial charge is 0.255 e. The molecule has 0 saturated heterocycles. The Hall–Kier alpha value is -1.33. The summed E-state index contributed by atoms with van der Waals surface area (Å²) in [5.74, 6) is 1.19. The van der Waals surface area contributed by atoms with E-state index >= 15 is 0 Å². The largest absolute Gasteiger partial charge is 0.492 e. The van der Waals surface area contributed by atoms with Crippen molar-refractivity contribution < 1.29 is 9.53 Å². The molecule has 0 atom stereocenters. The number of anilines is 1. The molecule has 0 aliphatic carbocycles. The molecule has 2 aromatic rings. The zero-order chi connectivity index (χ0) is 17.7. The molecule has 0 heterocycles. The maximum atomic E-state index is 12.4. The van der Waals surface area contributed by atoms with E-state index in [0.717, 1.165) is 32.4 Å². The molecular formula is C19H21Br2NO2. The average Bonchev–Trinajstić information content (AvgIpc) is 2.51. The predicted molar refractivity (Wildman–Crippen MR) is 106 cm³/mol. The van der Waals surface area contributed by atoms with Gasteiger partial charge in [0.1, 0.15) is 5.75 Å². The number of nitrogens with one attached hydrogen (secondary N) is 1. The molecule has 128 valence electrons. The molecule has 0 saturated carbocycles. The molecule has 0 unspecified atom stereocenters. The summed E-state index contributed by atoms with van der Waals surface area (Å²) in [4.78, 5) is 12.4. The van der Waals surface area contributed by atoms with Crippen molar-refractivity contribution in [3.8, 4) is 5.75 Å². The zero-order valence-corrected chi connectivity index (χ0v) is 17.2. The number of carbonyl (C=O) groups is 1. The highest BCUT2D eigenvalue weighted by Crippen LogP contribution is 2.28. The van der Waals surface area contributed by atoms with Crippen molar-refractivity contribution in [1.29, 1.82) is 0 Å². The third kappa shape index (κ3) is 5.35. The second kappa shape index (κ2) is 8.67. The van der Waals surface area contributed by atoms with Crippen molar-refractivity contribution in [2.24, 2.45) is 5.92 Å². The van der Waals surface area contributed by atoms with E-state index < -0.39 is 0 Å². The standard InChI is InChI=1S/C19H21Br2NO2/c1-12(2)8-9-24-18-7-5-14(11-16(18)21)19(23)22-17-6-4-13(3)10-15(17)20/h4-7,10-12H,8-9H2,1-3H3,(H,22,23). The van der Waals surface area contributed by atoms with E-state index in [9.17, 15) is 4.79 Å². The Kier molecular flexibility index (Phi) is 6.87. The van der Waals surface area contributed by atoms with Crippen molar-refractivity contribution in [3.63, 3.8) is 0 Å². The van der Waals surface area contributed by atoms with Crippen molar-refractivity contribution in [2.45, 2.75) is 27.2 Å². The first-order valence-corrected chi connectivity index (χ1v) is 9.45. The Morgan fingerprint density at radius 1 is 1.12 bits per heavy atom. The lowest BCUT2D eigenvalue weighted by molar-refractivity contribution is 0.102. The van der Waals surface area contributed by atoms with Gasteiger partial charge in [0.15, 0.2) is 0 Å². The maximum absolute atomic E-state index is 12.4. The van der Waals surface area contributed by atoms with Gasteiger partial charge in [-0.05, 0) is 87.0 Å². The minimum atomic E-state index is -0.158. The van der Waals surface area contributed by atoms with Crippen LogP contribution in [0.3, 0.4) is 0 Å². The summed E-state index contributed by atoms with van der Waals surface area (Å²) in [6.45, 7) is 6.99. The number of hydrogen-bond donors (Lipinski definition) is 1. The maximum Gasteiger partial charge on any atom is 0.255 e. The summed E-state index contributed by atoms with van der Waals surface area (Å²) in [6.07, 6.45) is 0.996. The number of halogens is 2. The van der Waals surface area contributed by atoms with Gasteiger partial charge in [-0.1, -0.05) is 19.9 Å². The molecule has 1 amide bonds. The SMILES string of the molecule is Cc1ccc(NC(=O)c2ccc(OCCC(C)C)c(Br)c2)c(Br)c1. The van der Waals surface area contributed by atoms with E-state index in [1.807, 2.05) is 31.2 Å². The minimum absolute atomic E-state index is 0.158. The second-order valence-corrected chi connectivity index (χ2v) is 7.82. The van der Waals surface area contributed by atoms with Gasteiger partial charge in [0, 0.05) is 10.0 Å². The molecule has 0 radical (unpaired) electrons. The lowest BCUT2D eigenvalue weighted by Gasteiger charge is -2.12.